The highest BCUT2D eigenvalue weighted by atomic mass is 32.1. The average molecular weight is 385 g/mol. The Labute approximate surface area is 160 Å². The predicted molar refractivity (Wildman–Crippen MR) is 104 cm³/mol. The number of carbonyl (C=O) groups excluding carboxylic acids is 2. The van der Waals surface area contributed by atoms with Gasteiger partial charge in [-0.3, -0.25) is 14.9 Å². The Morgan fingerprint density at radius 3 is 2.23 bits per heavy atom. The largest absolute Gasteiger partial charge is 0.383 e. The van der Waals surface area contributed by atoms with Crippen molar-refractivity contribution in [3.8, 4) is 0 Å². The van der Waals surface area contributed by atoms with Crippen LogP contribution in [0.25, 0.3) is 0 Å². The molecule has 0 spiro atoms. The maximum atomic E-state index is 12.6. The molecule has 3 N–H and O–H groups in total. The monoisotopic (exact) mass is 384 g/mol. The lowest BCUT2D eigenvalue weighted by atomic mass is 9.88. The maximum absolute atomic E-state index is 12.6. The molecule has 148 valence electrons. The molecule has 1 aromatic heterocycles. The van der Waals surface area contributed by atoms with E-state index in [1.807, 2.05) is 6.92 Å². The number of carbonyl (C=O) groups is 2. The van der Waals surface area contributed by atoms with Crippen molar-refractivity contribution in [2.45, 2.75) is 85.3 Å². The minimum atomic E-state index is -1.18. The number of hydrogen-bond acceptors (Lipinski definition) is 6. The molecule has 0 aromatic carbocycles. The van der Waals surface area contributed by atoms with Gasteiger partial charge in [0.2, 0.25) is 16.9 Å². The number of aliphatic hydroxyl groups is 1. The fourth-order valence-electron chi connectivity index (χ4n) is 2.48. The maximum Gasteiger partial charge on any atom is 0.250 e. The molecule has 0 saturated carbocycles. The van der Waals surface area contributed by atoms with Crippen molar-refractivity contribution in [3.05, 3.63) is 5.01 Å². The lowest BCUT2D eigenvalue weighted by Crippen LogP contribution is -2.50. The lowest BCUT2D eigenvalue weighted by Gasteiger charge is -2.26. The van der Waals surface area contributed by atoms with Gasteiger partial charge in [0.25, 0.3) is 0 Å². The molecular formula is C18H32N4O3S. The number of aromatic nitrogens is 2. The number of nitrogens with one attached hydrogen (secondary N) is 2. The molecule has 0 aliphatic rings. The third kappa shape index (κ3) is 6.32. The zero-order valence-electron chi connectivity index (χ0n) is 16.6. The van der Waals surface area contributed by atoms with Gasteiger partial charge in [0.05, 0.1) is 0 Å². The number of aliphatic hydroxyl groups excluding tert-OH is 1. The molecule has 8 heteroatoms. The summed E-state index contributed by atoms with van der Waals surface area (Å²) in [6.07, 6.45) is 1.96. The van der Waals surface area contributed by atoms with Crippen molar-refractivity contribution in [2.24, 2.45) is 5.41 Å². The molecule has 2 amide bonds. The Morgan fingerprint density at radius 2 is 1.73 bits per heavy atom. The first-order valence-corrected chi connectivity index (χ1v) is 10.1. The Hall–Kier alpha value is -1.54. The summed E-state index contributed by atoms with van der Waals surface area (Å²) in [4.78, 5) is 24.8. The number of nitrogens with zero attached hydrogens (tertiary/aromatic N) is 2. The second-order valence-corrected chi connectivity index (χ2v) is 8.58. The van der Waals surface area contributed by atoms with Crippen molar-refractivity contribution < 1.29 is 14.7 Å². The van der Waals surface area contributed by atoms with Crippen LogP contribution in [0.2, 0.25) is 0 Å². The lowest BCUT2D eigenvalue weighted by molar-refractivity contribution is -0.137. The van der Waals surface area contributed by atoms with Gasteiger partial charge in [-0.1, -0.05) is 59.3 Å². The van der Waals surface area contributed by atoms with Crippen LogP contribution < -0.4 is 10.6 Å². The molecule has 0 radical (unpaired) electrons. The first kappa shape index (κ1) is 22.5. The molecule has 0 saturated heterocycles. The van der Waals surface area contributed by atoms with Gasteiger partial charge in [-0.15, -0.1) is 10.2 Å². The molecule has 1 rings (SSSR count). The van der Waals surface area contributed by atoms with E-state index in [0.29, 0.717) is 17.5 Å². The minimum Gasteiger partial charge on any atom is -0.383 e. The number of hydrogen-bond donors (Lipinski definition) is 3. The van der Waals surface area contributed by atoms with E-state index in [1.165, 1.54) is 11.3 Å². The van der Waals surface area contributed by atoms with Gasteiger partial charge in [-0.05, 0) is 24.7 Å². The van der Waals surface area contributed by atoms with Crippen LogP contribution >= 0.6 is 11.3 Å². The summed E-state index contributed by atoms with van der Waals surface area (Å²) in [5.41, 5.74) is -0.596. The fourth-order valence-corrected chi connectivity index (χ4v) is 3.49. The van der Waals surface area contributed by atoms with Crippen LogP contribution in [0.1, 0.15) is 78.2 Å². The van der Waals surface area contributed by atoms with E-state index in [4.69, 9.17) is 0 Å². The predicted octanol–water partition coefficient (Wildman–Crippen LogP) is 3.07. The quantitative estimate of drug-likeness (QED) is 0.607. The molecule has 1 unspecified atom stereocenters. The van der Waals surface area contributed by atoms with Crippen molar-refractivity contribution in [3.63, 3.8) is 0 Å². The normalized spacial score (nSPS) is 14.2. The summed E-state index contributed by atoms with van der Waals surface area (Å²) in [5, 5.41) is 25.0. The summed E-state index contributed by atoms with van der Waals surface area (Å²) in [5.74, 6) is -0.541. The summed E-state index contributed by atoms with van der Waals surface area (Å²) < 4.78 is 0. The Balaban J connectivity index is 2.78. The third-order valence-corrected chi connectivity index (χ3v) is 5.29. The van der Waals surface area contributed by atoms with Gasteiger partial charge in [0, 0.05) is 5.92 Å². The third-order valence-electron chi connectivity index (χ3n) is 4.28. The van der Waals surface area contributed by atoms with Crippen molar-refractivity contribution in [1.29, 1.82) is 0 Å². The van der Waals surface area contributed by atoms with Crippen LogP contribution in [0.15, 0.2) is 0 Å². The highest BCUT2D eigenvalue weighted by molar-refractivity contribution is 7.15. The smallest absolute Gasteiger partial charge is 0.250 e. The van der Waals surface area contributed by atoms with Gasteiger partial charge < -0.3 is 10.4 Å². The van der Waals surface area contributed by atoms with E-state index in [2.05, 4.69) is 34.7 Å². The zero-order valence-corrected chi connectivity index (χ0v) is 17.4. The summed E-state index contributed by atoms with van der Waals surface area (Å²) in [6, 6.07) is -0.718. The van der Waals surface area contributed by atoms with Crippen LogP contribution in [-0.4, -0.2) is 39.3 Å². The minimum absolute atomic E-state index is 0.339. The van der Waals surface area contributed by atoms with Crippen molar-refractivity contribution >= 4 is 28.3 Å². The standard InChI is InChI=1S/C18H32N4O3S/c1-7-10-12(19-15(25)13(23)18(4,5)6)14(24)20-17-22-21-16(26-17)11(8-2)9-3/h11-13,23H,7-10H2,1-6H3,(H,19,25)(H,20,22,24)/t12?,13-/m1/s1. The average Bonchev–Trinajstić information content (AvgIpc) is 3.02. The zero-order chi connectivity index (χ0) is 19.9. The van der Waals surface area contributed by atoms with E-state index in [-0.39, 0.29) is 5.91 Å². The van der Waals surface area contributed by atoms with E-state index in [0.717, 1.165) is 24.3 Å². The van der Waals surface area contributed by atoms with Gasteiger partial charge in [0.1, 0.15) is 17.2 Å². The topological polar surface area (TPSA) is 104 Å². The summed E-state index contributed by atoms with van der Waals surface area (Å²) in [7, 11) is 0. The van der Waals surface area contributed by atoms with E-state index in [1.54, 1.807) is 20.8 Å². The second kappa shape index (κ2) is 9.97. The number of rotatable bonds is 9. The molecule has 1 heterocycles. The molecule has 26 heavy (non-hydrogen) atoms. The van der Waals surface area contributed by atoms with Gasteiger partial charge >= 0.3 is 0 Å². The van der Waals surface area contributed by atoms with Gasteiger partial charge in [0.15, 0.2) is 0 Å². The van der Waals surface area contributed by atoms with Crippen LogP contribution in [0, 0.1) is 5.41 Å². The van der Waals surface area contributed by atoms with Crippen LogP contribution in [0.3, 0.4) is 0 Å². The second-order valence-electron chi connectivity index (χ2n) is 7.57. The molecule has 2 atom stereocenters. The first-order chi connectivity index (χ1) is 12.1. The fraction of sp³-hybridized carbons (Fsp3) is 0.778. The Bertz CT molecular complexity index is 594. The molecule has 0 aliphatic heterocycles. The van der Waals surface area contributed by atoms with E-state index >= 15 is 0 Å². The highest BCUT2D eigenvalue weighted by Crippen LogP contribution is 2.28. The Morgan fingerprint density at radius 1 is 1.12 bits per heavy atom. The van der Waals surface area contributed by atoms with Crippen molar-refractivity contribution in [1.82, 2.24) is 15.5 Å². The number of amides is 2. The van der Waals surface area contributed by atoms with Crippen LogP contribution in [-0.2, 0) is 9.59 Å². The molecule has 0 fully saturated rings. The van der Waals surface area contributed by atoms with Crippen LogP contribution in [0.5, 0.6) is 0 Å². The first-order valence-electron chi connectivity index (χ1n) is 9.26. The molecule has 0 aliphatic carbocycles. The highest BCUT2D eigenvalue weighted by Gasteiger charge is 2.32. The van der Waals surface area contributed by atoms with Crippen LogP contribution in [0.4, 0.5) is 5.13 Å². The summed E-state index contributed by atoms with van der Waals surface area (Å²) in [6.45, 7) is 11.4. The van der Waals surface area contributed by atoms with Gasteiger partial charge in [-0.2, -0.15) is 0 Å². The molecule has 1 aromatic rings. The number of anilines is 1. The van der Waals surface area contributed by atoms with E-state index < -0.39 is 23.5 Å². The molecular weight excluding hydrogens is 352 g/mol. The molecule has 7 nitrogen and oxygen atoms in total. The summed E-state index contributed by atoms with van der Waals surface area (Å²) >= 11 is 1.37. The Kier molecular flexibility index (Phi) is 8.62. The van der Waals surface area contributed by atoms with Gasteiger partial charge in [-0.25, -0.2) is 0 Å². The van der Waals surface area contributed by atoms with E-state index in [9.17, 15) is 14.7 Å². The van der Waals surface area contributed by atoms with Crippen molar-refractivity contribution in [2.75, 3.05) is 5.32 Å². The molecule has 0 bridgehead atoms. The SMILES string of the molecule is CCCC(NC(=O)[C@@H](O)C(C)(C)C)C(=O)Nc1nnc(C(CC)CC)s1.